The van der Waals surface area contributed by atoms with E-state index in [-0.39, 0.29) is 11.8 Å². The quantitative estimate of drug-likeness (QED) is 0.831. The van der Waals surface area contributed by atoms with E-state index in [1.54, 1.807) is 0 Å². The smallest absolute Gasteiger partial charge is 0.407 e. The van der Waals surface area contributed by atoms with Crippen LogP contribution in [0.1, 0.15) is 33.6 Å². The molecule has 0 radical (unpaired) electrons. The van der Waals surface area contributed by atoms with Crippen LogP contribution in [0.15, 0.2) is 0 Å². The normalized spacial score (nSPS) is 25.2. The fraction of sp³-hybridized carbons (Fsp3) is 0.857. The van der Waals surface area contributed by atoms with Crippen LogP contribution < -0.4 is 5.32 Å². The summed E-state index contributed by atoms with van der Waals surface area (Å²) in [5.74, 6) is 0.224. The van der Waals surface area contributed by atoms with Gasteiger partial charge >= 0.3 is 6.09 Å². The molecule has 0 unspecified atom stereocenters. The number of nitrogens with one attached hydrogen (secondary N) is 1. The monoisotopic (exact) mass is 267 g/mol. The third-order valence-corrected chi connectivity index (χ3v) is 3.35. The van der Waals surface area contributed by atoms with Crippen molar-refractivity contribution in [1.29, 1.82) is 5.26 Å². The Bertz CT molecular complexity index is 344. The molecule has 0 aromatic carbocycles. The minimum Gasteiger partial charge on any atom is -0.444 e. The molecule has 0 saturated carbocycles. The van der Waals surface area contributed by atoms with Gasteiger partial charge in [0, 0.05) is 6.54 Å². The van der Waals surface area contributed by atoms with Crippen LogP contribution in [0.4, 0.5) is 4.79 Å². The largest absolute Gasteiger partial charge is 0.444 e. The van der Waals surface area contributed by atoms with Gasteiger partial charge in [0.05, 0.1) is 12.0 Å². The van der Waals surface area contributed by atoms with Gasteiger partial charge in [-0.2, -0.15) is 5.26 Å². The van der Waals surface area contributed by atoms with Crippen LogP contribution >= 0.6 is 0 Å². The number of hydrogen-bond acceptors (Lipinski definition) is 4. The number of nitrogens with zero attached hydrogens (tertiary/aromatic N) is 2. The summed E-state index contributed by atoms with van der Waals surface area (Å²) >= 11 is 0. The summed E-state index contributed by atoms with van der Waals surface area (Å²) in [6, 6.07) is 2.37. The third kappa shape index (κ3) is 5.93. The maximum Gasteiger partial charge on any atom is 0.407 e. The number of carbonyl (C=O) groups excluding carboxylic acids is 1. The molecule has 1 saturated heterocycles. The number of ether oxygens (including phenoxy) is 1. The molecule has 1 rings (SSSR count). The van der Waals surface area contributed by atoms with E-state index in [0.29, 0.717) is 6.54 Å². The van der Waals surface area contributed by atoms with Gasteiger partial charge < -0.3 is 15.0 Å². The first-order valence-electron chi connectivity index (χ1n) is 6.87. The molecule has 1 aliphatic rings. The van der Waals surface area contributed by atoms with E-state index < -0.39 is 11.7 Å². The van der Waals surface area contributed by atoms with Gasteiger partial charge in [-0.05, 0) is 59.7 Å². The first-order valence-corrected chi connectivity index (χ1v) is 6.87. The predicted octanol–water partition coefficient (Wildman–Crippen LogP) is 1.99. The molecule has 0 spiro atoms. The van der Waals surface area contributed by atoms with Crippen molar-refractivity contribution in [1.82, 2.24) is 10.2 Å². The van der Waals surface area contributed by atoms with E-state index in [4.69, 9.17) is 4.74 Å². The van der Waals surface area contributed by atoms with Crippen molar-refractivity contribution in [3.8, 4) is 6.07 Å². The van der Waals surface area contributed by atoms with Gasteiger partial charge in [0.1, 0.15) is 5.60 Å². The topological polar surface area (TPSA) is 65.4 Å². The van der Waals surface area contributed by atoms with Crippen LogP contribution in [-0.2, 0) is 4.74 Å². The Balaban J connectivity index is 2.46. The van der Waals surface area contributed by atoms with Gasteiger partial charge in [0.15, 0.2) is 0 Å². The lowest BCUT2D eigenvalue weighted by molar-refractivity contribution is 0.0515. The summed E-state index contributed by atoms with van der Waals surface area (Å²) in [5, 5.41) is 12.0. The molecule has 1 amide bonds. The molecule has 0 aromatic rings. The summed E-state index contributed by atoms with van der Waals surface area (Å²) in [5.41, 5.74) is -0.484. The van der Waals surface area contributed by atoms with Crippen LogP contribution in [0.5, 0.6) is 0 Å². The van der Waals surface area contributed by atoms with Gasteiger partial charge in [0.2, 0.25) is 0 Å². The minimum atomic E-state index is -0.484. The van der Waals surface area contributed by atoms with Crippen LogP contribution in [0.3, 0.4) is 0 Å². The molecule has 1 N–H and O–H groups in total. The molecular formula is C14H25N3O2. The maximum absolute atomic E-state index is 11.6. The van der Waals surface area contributed by atoms with Crippen molar-refractivity contribution in [3.05, 3.63) is 0 Å². The molecule has 0 aliphatic carbocycles. The van der Waals surface area contributed by atoms with E-state index in [9.17, 15) is 10.1 Å². The highest BCUT2D eigenvalue weighted by Crippen LogP contribution is 2.22. The highest BCUT2D eigenvalue weighted by Gasteiger charge is 2.26. The number of amides is 1. The molecule has 0 bridgehead atoms. The Morgan fingerprint density at radius 1 is 1.42 bits per heavy atom. The number of alkyl carbamates (subject to hydrolysis) is 1. The molecule has 1 heterocycles. The molecule has 108 valence electrons. The summed E-state index contributed by atoms with van der Waals surface area (Å²) in [6.45, 7) is 7.95. The number of hydrogen-bond donors (Lipinski definition) is 1. The van der Waals surface area contributed by atoms with E-state index >= 15 is 0 Å². The highest BCUT2D eigenvalue weighted by molar-refractivity contribution is 5.67. The highest BCUT2D eigenvalue weighted by atomic mass is 16.6. The zero-order valence-electron chi connectivity index (χ0n) is 12.4. The van der Waals surface area contributed by atoms with Crippen molar-refractivity contribution < 1.29 is 9.53 Å². The SMILES string of the molecule is CN1CC[C@@H](CNC(=O)OC(C)(C)C)[C@@H](C#N)CC1. The standard InChI is InChI=1S/C14H25N3O2/c1-14(2,3)19-13(18)16-10-12-6-8-17(4)7-5-11(12)9-15/h11-12H,5-8,10H2,1-4H3,(H,16,18)/t11-,12+/m1/s1. The Morgan fingerprint density at radius 3 is 2.63 bits per heavy atom. The lowest BCUT2D eigenvalue weighted by Crippen LogP contribution is -2.37. The van der Waals surface area contributed by atoms with Gasteiger partial charge in [-0.25, -0.2) is 4.79 Å². The van der Waals surface area contributed by atoms with Gasteiger partial charge in [-0.3, -0.25) is 0 Å². The molecule has 1 fully saturated rings. The first-order chi connectivity index (χ1) is 8.81. The van der Waals surface area contributed by atoms with Gasteiger partial charge in [-0.1, -0.05) is 0 Å². The van der Waals surface area contributed by atoms with E-state index in [2.05, 4.69) is 23.3 Å². The second-order valence-electron chi connectivity index (χ2n) is 6.26. The Hall–Kier alpha value is -1.28. The van der Waals surface area contributed by atoms with Crippen molar-refractivity contribution in [3.63, 3.8) is 0 Å². The van der Waals surface area contributed by atoms with Gasteiger partial charge in [-0.15, -0.1) is 0 Å². The molecule has 5 nitrogen and oxygen atoms in total. The lowest BCUT2D eigenvalue weighted by Gasteiger charge is -2.23. The molecule has 0 aromatic heterocycles. The average Bonchev–Trinajstić information content (AvgIpc) is 2.46. The number of rotatable bonds is 2. The molecular weight excluding hydrogens is 242 g/mol. The van der Waals surface area contributed by atoms with Crippen molar-refractivity contribution in [2.24, 2.45) is 11.8 Å². The van der Waals surface area contributed by atoms with Crippen molar-refractivity contribution in [2.45, 2.75) is 39.2 Å². The maximum atomic E-state index is 11.6. The predicted molar refractivity (Wildman–Crippen MR) is 73.6 cm³/mol. The molecule has 19 heavy (non-hydrogen) atoms. The fourth-order valence-corrected chi connectivity index (χ4v) is 2.24. The van der Waals surface area contributed by atoms with Crippen LogP contribution in [0.25, 0.3) is 0 Å². The van der Waals surface area contributed by atoms with Crippen molar-refractivity contribution >= 4 is 6.09 Å². The minimum absolute atomic E-state index is 0.0138. The fourth-order valence-electron chi connectivity index (χ4n) is 2.24. The van der Waals surface area contributed by atoms with Crippen LogP contribution in [0, 0.1) is 23.2 Å². The number of likely N-dealkylation sites (tertiary alicyclic amines) is 1. The molecule has 2 atom stereocenters. The van der Waals surface area contributed by atoms with Crippen LogP contribution in [0.2, 0.25) is 0 Å². The van der Waals surface area contributed by atoms with Crippen LogP contribution in [-0.4, -0.2) is 43.3 Å². The average molecular weight is 267 g/mol. The van der Waals surface area contributed by atoms with Crippen molar-refractivity contribution in [2.75, 3.05) is 26.7 Å². The van der Waals surface area contributed by atoms with E-state index in [0.717, 1.165) is 25.9 Å². The molecule has 1 aliphatic heterocycles. The second kappa shape index (κ2) is 6.76. The summed E-state index contributed by atoms with van der Waals surface area (Å²) in [4.78, 5) is 13.9. The first kappa shape index (κ1) is 15.8. The Labute approximate surface area is 115 Å². The number of nitriles is 1. The zero-order chi connectivity index (χ0) is 14.5. The van der Waals surface area contributed by atoms with E-state index in [1.807, 2.05) is 20.8 Å². The lowest BCUT2D eigenvalue weighted by atomic mass is 9.89. The summed E-state index contributed by atoms with van der Waals surface area (Å²) in [6.07, 6.45) is 1.40. The number of carbonyl (C=O) groups is 1. The van der Waals surface area contributed by atoms with Gasteiger partial charge in [0.25, 0.3) is 0 Å². The summed E-state index contributed by atoms with van der Waals surface area (Å²) < 4.78 is 5.21. The summed E-state index contributed by atoms with van der Waals surface area (Å²) in [7, 11) is 2.07. The van der Waals surface area contributed by atoms with E-state index in [1.165, 1.54) is 0 Å². The Kier molecular flexibility index (Phi) is 5.61. The third-order valence-electron chi connectivity index (χ3n) is 3.35. The second-order valence-corrected chi connectivity index (χ2v) is 6.26. The Morgan fingerprint density at radius 2 is 2.05 bits per heavy atom. The zero-order valence-corrected chi connectivity index (χ0v) is 12.4. The molecule has 5 heteroatoms.